The Balaban J connectivity index is 2.42. The number of nitrogens with one attached hydrogen (secondary N) is 1. The summed E-state index contributed by atoms with van der Waals surface area (Å²) in [6.07, 6.45) is 0. The van der Waals surface area contributed by atoms with Gasteiger partial charge in [-0.15, -0.1) is 0 Å². The molecule has 0 atom stereocenters. The van der Waals surface area contributed by atoms with Gasteiger partial charge in [0, 0.05) is 6.07 Å². The van der Waals surface area contributed by atoms with Gasteiger partial charge in [0.25, 0.3) is 10.0 Å². The Bertz CT molecular complexity index is 781. The highest BCUT2D eigenvalue weighted by atomic mass is 35.5. The maximum Gasteiger partial charge on any atom is 0.263 e. The number of methoxy groups -OCH3 is 1. The molecule has 3 N–H and O–H groups in total. The highest BCUT2D eigenvalue weighted by molar-refractivity contribution is 7.92. The Morgan fingerprint density at radius 3 is 2.57 bits per heavy atom. The van der Waals surface area contributed by atoms with Crippen molar-refractivity contribution in [1.82, 2.24) is 0 Å². The molecule has 2 aromatic rings. The number of benzene rings is 2. The zero-order chi connectivity index (χ0) is 15.6. The Labute approximate surface area is 126 Å². The number of nitrogen functional groups attached to an aromatic ring is 1. The molecule has 0 radical (unpaired) electrons. The third-order valence-electron chi connectivity index (χ3n) is 2.69. The first-order valence-electron chi connectivity index (χ1n) is 5.75. The van der Waals surface area contributed by atoms with Gasteiger partial charge in [0.1, 0.15) is 16.5 Å². The van der Waals surface area contributed by atoms with E-state index in [2.05, 4.69) is 4.72 Å². The van der Waals surface area contributed by atoms with E-state index in [0.29, 0.717) is 5.75 Å². The molecular weight excluding hydrogens is 319 g/mol. The standard InChI is InChI=1S/C13H12ClFN2O3S/c1-20-9-3-4-11(16)12(7-9)17-21(18,19)13-5-2-8(15)6-10(13)14/h2-7,17H,16H2,1H3. The van der Waals surface area contributed by atoms with Gasteiger partial charge in [-0.25, -0.2) is 12.8 Å². The number of rotatable bonds is 4. The van der Waals surface area contributed by atoms with Crippen LogP contribution in [0.15, 0.2) is 41.3 Å². The summed E-state index contributed by atoms with van der Waals surface area (Å²) >= 11 is 5.76. The van der Waals surface area contributed by atoms with Crippen molar-refractivity contribution in [3.05, 3.63) is 47.2 Å². The number of nitrogens with two attached hydrogens (primary N) is 1. The summed E-state index contributed by atoms with van der Waals surface area (Å²) in [5.74, 6) is -0.188. The second kappa shape index (κ2) is 5.79. The molecule has 0 bridgehead atoms. The molecule has 0 fully saturated rings. The van der Waals surface area contributed by atoms with Gasteiger partial charge in [-0.05, 0) is 30.3 Å². The van der Waals surface area contributed by atoms with E-state index in [1.54, 1.807) is 6.07 Å². The first kappa shape index (κ1) is 15.4. The number of hydrogen-bond acceptors (Lipinski definition) is 4. The van der Waals surface area contributed by atoms with Crippen molar-refractivity contribution in [2.24, 2.45) is 0 Å². The van der Waals surface area contributed by atoms with E-state index in [9.17, 15) is 12.8 Å². The zero-order valence-electron chi connectivity index (χ0n) is 10.9. The highest BCUT2D eigenvalue weighted by Crippen LogP contribution is 2.29. The lowest BCUT2D eigenvalue weighted by molar-refractivity contribution is 0.415. The molecule has 0 spiro atoms. The second-order valence-electron chi connectivity index (χ2n) is 4.13. The Morgan fingerprint density at radius 1 is 1.24 bits per heavy atom. The van der Waals surface area contributed by atoms with Crippen LogP contribution in [0.5, 0.6) is 5.75 Å². The lowest BCUT2D eigenvalue weighted by atomic mass is 10.2. The minimum Gasteiger partial charge on any atom is -0.497 e. The Kier molecular flexibility index (Phi) is 4.24. The Morgan fingerprint density at radius 2 is 1.95 bits per heavy atom. The predicted molar refractivity (Wildman–Crippen MR) is 79.6 cm³/mol. The predicted octanol–water partition coefficient (Wildman–Crippen LogP) is 2.87. The molecule has 112 valence electrons. The molecule has 0 amide bonds. The van der Waals surface area contributed by atoms with Crippen LogP contribution in [0.4, 0.5) is 15.8 Å². The number of halogens is 2. The first-order chi connectivity index (χ1) is 9.83. The van der Waals surface area contributed by atoms with E-state index >= 15 is 0 Å². The summed E-state index contributed by atoms with van der Waals surface area (Å²) < 4.78 is 44.8. The van der Waals surface area contributed by atoms with Gasteiger partial charge in [0.05, 0.1) is 23.5 Å². The van der Waals surface area contributed by atoms with Crippen LogP contribution in [0.2, 0.25) is 5.02 Å². The third-order valence-corrected chi connectivity index (χ3v) is 4.54. The van der Waals surface area contributed by atoms with Crippen LogP contribution in [0, 0.1) is 5.82 Å². The SMILES string of the molecule is COc1ccc(N)c(NS(=O)(=O)c2ccc(F)cc2Cl)c1. The van der Waals surface area contributed by atoms with Gasteiger partial charge in [-0.2, -0.15) is 0 Å². The summed E-state index contributed by atoms with van der Waals surface area (Å²) in [6.45, 7) is 0. The van der Waals surface area contributed by atoms with Gasteiger partial charge >= 0.3 is 0 Å². The van der Waals surface area contributed by atoms with E-state index < -0.39 is 15.8 Å². The summed E-state index contributed by atoms with van der Waals surface area (Å²) in [5, 5.41) is -0.219. The smallest absolute Gasteiger partial charge is 0.263 e. The normalized spacial score (nSPS) is 11.2. The first-order valence-corrected chi connectivity index (χ1v) is 7.61. The molecule has 0 aliphatic carbocycles. The van der Waals surface area contributed by atoms with Gasteiger partial charge in [-0.1, -0.05) is 11.6 Å². The molecule has 0 aliphatic heterocycles. The topological polar surface area (TPSA) is 81.4 Å². The fraction of sp³-hybridized carbons (Fsp3) is 0.0769. The third kappa shape index (κ3) is 3.37. The van der Waals surface area contributed by atoms with Crippen LogP contribution < -0.4 is 15.2 Å². The molecular formula is C13H12ClFN2O3S. The van der Waals surface area contributed by atoms with Crippen LogP contribution in [-0.2, 0) is 10.0 Å². The van der Waals surface area contributed by atoms with Crippen molar-refractivity contribution in [3.63, 3.8) is 0 Å². The van der Waals surface area contributed by atoms with Gasteiger partial charge < -0.3 is 10.5 Å². The molecule has 2 aromatic carbocycles. The summed E-state index contributed by atoms with van der Waals surface area (Å²) in [4.78, 5) is -0.243. The average Bonchev–Trinajstić information content (AvgIpc) is 2.40. The van der Waals surface area contributed by atoms with Crippen molar-refractivity contribution in [3.8, 4) is 5.75 Å². The molecule has 5 nitrogen and oxygen atoms in total. The summed E-state index contributed by atoms with van der Waals surface area (Å²) in [7, 11) is -2.55. The van der Waals surface area contributed by atoms with Crippen molar-refractivity contribution in [2.75, 3.05) is 17.6 Å². The molecule has 0 unspecified atom stereocenters. The second-order valence-corrected chi connectivity index (χ2v) is 6.19. The van der Waals surface area contributed by atoms with E-state index in [-0.39, 0.29) is 21.3 Å². The average molecular weight is 331 g/mol. The maximum atomic E-state index is 13.0. The van der Waals surface area contributed by atoms with E-state index in [1.807, 2.05) is 0 Å². The van der Waals surface area contributed by atoms with Gasteiger partial charge in [-0.3, -0.25) is 4.72 Å². The monoisotopic (exact) mass is 330 g/mol. The zero-order valence-corrected chi connectivity index (χ0v) is 12.5. The van der Waals surface area contributed by atoms with E-state index in [0.717, 1.165) is 18.2 Å². The molecule has 2 rings (SSSR count). The lowest BCUT2D eigenvalue weighted by Gasteiger charge is -2.12. The van der Waals surface area contributed by atoms with Crippen molar-refractivity contribution in [1.29, 1.82) is 0 Å². The summed E-state index contributed by atoms with van der Waals surface area (Å²) in [6, 6.07) is 7.54. The van der Waals surface area contributed by atoms with Gasteiger partial charge in [0.15, 0.2) is 0 Å². The Hall–Kier alpha value is -1.99. The van der Waals surface area contributed by atoms with Crippen LogP contribution >= 0.6 is 11.6 Å². The van der Waals surface area contributed by atoms with E-state index in [1.165, 1.54) is 19.2 Å². The number of anilines is 2. The number of hydrogen-bond donors (Lipinski definition) is 2. The molecule has 0 aliphatic rings. The molecule has 21 heavy (non-hydrogen) atoms. The minimum absolute atomic E-state index is 0.148. The molecule has 0 saturated carbocycles. The van der Waals surface area contributed by atoms with Crippen molar-refractivity contribution >= 4 is 33.0 Å². The van der Waals surface area contributed by atoms with Crippen LogP contribution in [0.3, 0.4) is 0 Å². The molecule has 8 heteroatoms. The van der Waals surface area contributed by atoms with Crippen molar-refractivity contribution < 1.29 is 17.5 Å². The quantitative estimate of drug-likeness (QED) is 0.845. The minimum atomic E-state index is -3.99. The fourth-order valence-corrected chi connectivity index (χ4v) is 3.25. The maximum absolute atomic E-state index is 13.0. The van der Waals surface area contributed by atoms with Crippen LogP contribution in [0.1, 0.15) is 0 Å². The number of sulfonamides is 1. The van der Waals surface area contributed by atoms with E-state index in [4.69, 9.17) is 22.1 Å². The van der Waals surface area contributed by atoms with Crippen LogP contribution in [-0.4, -0.2) is 15.5 Å². The van der Waals surface area contributed by atoms with Crippen LogP contribution in [0.25, 0.3) is 0 Å². The highest BCUT2D eigenvalue weighted by Gasteiger charge is 2.19. The fourth-order valence-electron chi connectivity index (χ4n) is 1.64. The lowest BCUT2D eigenvalue weighted by Crippen LogP contribution is -2.14. The van der Waals surface area contributed by atoms with Crippen molar-refractivity contribution in [2.45, 2.75) is 4.90 Å². The van der Waals surface area contributed by atoms with Gasteiger partial charge in [0.2, 0.25) is 0 Å². The number of ether oxygens (including phenoxy) is 1. The molecule has 0 aromatic heterocycles. The molecule has 0 saturated heterocycles. The summed E-state index contributed by atoms with van der Waals surface area (Å²) in [5.41, 5.74) is 6.08. The largest absolute Gasteiger partial charge is 0.497 e. The molecule has 0 heterocycles.